The lowest BCUT2D eigenvalue weighted by Crippen LogP contribution is -2.46. The van der Waals surface area contributed by atoms with Crippen molar-refractivity contribution in [2.24, 2.45) is 5.92 Å². The summed E-state index contributed by atoms with van der Waals surface area (Å²) < 4.78 is 0. The number of hydrogen-bond donors (Lipinski definition) is 2. The lowest BCUT2D eigenvalue weighted by atomic mass is 10.0. The third kappa shape index (κ3) is 6.68. The van der Waals surface area contributed by atoms with Crippen molar-refractivity contribution in [2.75, 3.05) is 46.9 Å². The molecular formula is C15H31N3O2. The maximum atomic E-state index is 11.6. The zero-order chi connectivity index (χ0) is 15.0. The molecule has 1 amide bonds. The molecule has 1 aliphatic rings. The van der Waals surface area contributed by atoms with E-state index in [1.165, 1.54) is 0 Å². The Balaban J connectivity index is 2.08. The normalized spacial score (nSPS) is 19.0. The Morgan fingerprint density at radius 1 is 1.40 bits per heavy atom. The van der Waals surface area contributed by atoms with Crippen molar-refractivity contribution in [3.63, 3.8) is 0 Å². The van der Waals surface area contributed by atoms with Crippen molar-refractivity contribution in [2.45, 2.75) is 38.6 Å². The van der Waals surface area contributed by atoms with Gasteiger partial charge in [0.05, 0.1) is 6.54 Å². The molecule has 20 heavy (non-hydrogen) atoms. The number of nitrogens with zero attached hydrogens (tertiary/aromatic N) is 2. The number of hydrogen-bond acceptors (Lipinski definition) is 4. The molecule has 0 aromatic carbocycles. The number of rotatable bonds is 8. The number of aliphatic hydroxyl groups excluding tert-OH is 1. The minimum absolute atomic E-state index is 0.189. The average Bonchev–Trinajstić information content (AvgIpc) is 2.44. The summed E-state index contributed by atoms with van der Waals surface area (Å²) in [6.07, 6.45) is 4.45. The summed E-state index contributed by atoms with van der Waals surface area (Å²) in [4.78, 5) is 15.5. The van der Waals surface area contributed by atoms with Gasteiger partial charge in [-0.3, -0.25) is 9.69 Å². The van der Waals surface area contributed by atoms with Gasteiger partial charge in [0, 0.05) is 39.8 Å². The molecule has 5 nitrogen and oxygen atoms in total. The summed E-state index contributed by atoms with van der Waals surface area (Å²) in [5, 5.41) is 12.6. The fourth-order valence-corrected chi connectivity index (χ4v) is 2.48. The van der Waals surface area contributed by atoms with E-state index in [1.807, 2.05) is 14.1 Å². The van der Waals surface area contributed by atoms with Gasteiger partial charge in [-0.15, -0.1) is 0 Å². The van der Waals surface area contributed by atoms with Crippen molar-refractivity contribution in [1.82, 2.24) is 15.1 Å². The van der Waals surface area contributed by atoms with Crippen molar-refractivity contribution in [3.05, 3.63) is 0 Å². The summed E-state index contributed by atoms with van der Waals surface area (Å²) in [7, 11) is 3.62. The lowest BCUT2D eigenvalue weighted by Gasteiger charge is -2.32. The Morgan fingerprint density at radius 2 is 2.05 bits per heavy atom. The van der Waals surface area contributed by atoms with Crippen LogP contribution in [-0.4, -0.2) is 73.7 Å². The zero-order valence-electron chi connectivity index (χ0n) is 13.3. The molecular weight excluding hydrogens is 254 g/mol. The van der Waals surface area contributed by atoms with E-state index in [0.717, 1.165) is 45.3 Å². The number of carbonyl (C=O) groups excluding carboxylic acids is 1. The molecule has 0 aromatic rings. The second kappa shape index (κ2) is 9.32. The third-order valence-electron chi connectivity index (χ3n) is 4.06. The van der Waals surface area contributed by atoms with Crippen LogP contribution in [0.3, 0.4) is 0 Å². The number of aliphatic hydroxyl groups is 1. The lowest BCUT2D eigenvalue weighted by molar-refractivity contribution is -0.130. The molecule has 0 spiro atoms. The van der Waals surface area contributed by atoms with Gasteiger partial charge in [-0.25, -0.2) is 0 Å². The molecule has 1 rings (SSSR count). The second-order valence-corrected chi connectivity index (χ2v) is 6.22. The van der Waals surface area contributed by atoms with Crippen LogP contribution in [0.5, 0.6) is 0 Å². The Morgan fingerprint density at radius 3 is 2.60 bits per heavy atom. The predicted molar refractivity (Wildman–Crippen MR) is 81.6 cm³/mol. The second-order valence-electron chi connectivity index (χ2n) is 6.22. The first-order chi connectivity index (χ1) is 9.52. The first-order valence-corrected chi connectivity index (χ1v) is 7.79. The minimum Gasteiger partial charge on any atom is -0.396 e. The first kappa shape index (κ1) is 17.4. The maximum Gasteiger partial charge on any atom is 0.236 e. The van der Waals surface area contributed by atoms with Crippen molar-refractivity contribution < 1.29 is 9.90 Å². The van der Waals surface area contributed by atoms with Crippen LogP contribution in [0.25, 0.3) is 0 Å². The molecule has 1 heterocycles. The Labute approximate surface area is 123 Å². The highest BCUT2D eigenvalue weighted by atomic mass is 16.3. The molecule has 1 atom stereocenters. The summed E-state index contributed by atoms with van der Waals surface area (Å²) in [5.41, 5.74) is 0. The highest BCUT2D eigenvalue weighted by molar-refractivity contribution is 5.77. The monoisotopic (exact) mass is 285 g/mol. The Hall–Kier alpha value is -0.650. The van der Waals surface area contributed by atoms with Gasteiger partial charge in [-0.2, -0.15) is 0 Å². The van der Waals surface area contributed by atoms with Gasteiger partial charge in [0.2, 0.25) is 5.91 Å². The molecule has 1 aliphatic heterocycles. The smallest absolute Gasteiger partial charge is 0.236 e. The van der Waals surface area contributed by atoms with Gasteiger partial charge >= 0.3 is 0 Å². The van der Waals surface area contributed by atoms with Gasteiger partial charge in [0.15, 0.2) is 0 Å². The number of piperidine rings is 1. The van der Waals surface area contributed by atoms with Gasteiger partial charge in [-0.05, 0) is 38.1 Å². The topological polar surface area (TPSA) is 55.8 Å². The number of likely N-dealkylation sites (tertiary alicyclic amines) is 1. The van der Waals surface area contributed by atoms with Crippen molar-refractivity contribution in [1.29, 1.82) is 0 Å². The Kier molecular flexibility index (Phi) is 8.11. The van der Waals surface area contributed by atoms with Crippen LogP contribution in [0.1, 0.15) is 32.6 Å². The molecule has 0 aliphatic carbocycles. The van der Waals surface area contributed by atoms with E-state index in [9.17, 15) is 4.79 Å². The van der Waals surface area contributed by atoms with Crippen LogP contribution >= 0.6 is 0 Å². The van der Waals surface area contributed by atoms with Crippen LogP contribution in [0.4, 0.5) is 0 Å². The van der Waals surface area contributed by atoms with Gasteiger partial charge in [0.1, 0.15) is 0 Å². The van der Waals surface area contributed by atoms with Crippen LogP contribution < -0.4 is 5.32 Å². The third-order valence-corrected chi connectivity index (χ3v) is 4.06. The molecule has 0 saturated carbocycles. The standard InChI is InChI=1S/C15H31N3O2/c1-13(12-19)5-4-8-16-14-6-9-18(10-7-14)11-15(20)17(2)3/h13-14,16,19H,4-12H2,1-3H3. The Bertz CT molecular complexity index is 276. The van der Waals surface area contributed by atoms with Crippen LogP contribution in [0.2, 0.25) is 0 Å². The molecule has 0 radical (unpaired) electrons. The number of likely N-dealkylation sites (N-methyl/N-ethyl adjacent to an activating group) is 1. The van der Waals surface area contributed by atoms with E-state index in [4.69, 9.17) is 5.11 Å². The van der Waals surface area contributed by atoms with Gasteiger partial charge < -0.3 is 15.3 Å². The van der Waals surface area contributed by atoms with Crippen LogP contribution in [-0.2, 0) is 4.79 Å². The summed E-state index contributed by atoms with van der Waals surface area (Å²) in [6.45, 7) is 5.96. The van der Waals surface area contributed by atoms with Gasteiger partial charge in [0.25, 0.3) is 0 Å². The van der Waals surface area contributed by atoms with Crippen LogP contribution in [0, 0.1) is 5.92 Å². The molecule has 5 heteroatoms. The van der Waals surface area contributed by atoms with E-state index in [1.54, 1.807) is 4.90 Å². The molecule has 1 fully saturated rings. The molecule has 0 bridgehead atoms. The van der Waals surface area contributed by atoms with E-state index in [-0.39, 0.29) is 12.5 Å². The van der Waals surface area contributed by atoms with Crippen LogP contribution in [0.15, 0.2) is 0 Å². The fourth-order valence-electron chi connectivity index (χ4n) is 2.48. The quantitative estimate of drug-likeness (QED) is 0.639. The van der Waals surface area contributed by atoms with E-state index in [2.05, 4.69) is 17.1 Å². The zero-order valence-corrected chi connectivity index (χ0v) is 13.3. The number of carbonyl (C=O) groups is 1. The average molecular weight is 285 g/mol. The summed E-state index contributed by atoms with van der Waals surface area (Å²) >= 11 is 0. The predicted octanol–water partition coefficient (Wildman–Crippen LogP) is 0.537. The number of amides is 1. The maximum absolute atomic E-state index is 11.6. The van der Waals surface area contributed by atoms with Crippen molar-refractivity contribution in [3.8, 4) is 0 Å². The SMILES string of the molecule is CC(CO)CCCNC1CCN(CC(=O)N(C)C)CC1. The first-order valence-electron chi connectivity index (χ1n) is 7.79. The van der Waals surface area contributed by atoms with Gasteiger partial charge in [-0.1, -0.05) is 6.92 Å². The van der Waals surface area contributed by atoms with E-state index >= 15 is 0 Å². The molecule has 118 valence electrons. The summed E-state index contributed by atoms with van der Waals surface area (Å²) in [6, 6.07) is 0.588. The largest absolute Gasteiger partial charge is 0.396 e. The molecule has 1 unspecified atom stereocenters. The van der Waals surface area contributed by atoms with Crippen molar-refractivity contribution >= 4 is 5.91 Å². The molecule has 2 N–H and O–H groups in total. The highest BCUT2D eigenvalue weighted by Crippen LogP contribution is 2.11. The van der Waals surface area contributed by atoms with E-state index in [0.29, 0.717) is 18.5 Å². The number of nitrogens with one attached hydrogen (secondary N) is 1. The minimum atomic E-state index is 0.189. The molecule has 0 aromatic heterocycles. The van der Waals surface area contributed by atoms with E-state index < -0.39 is 0 Å². The molecule has 1 saturated heterocycles. The highest BCUT2D eigenvalue weighted by Gasteiger charge is 2.20. The summed E-state index contributed by atoms with van der Waals surface area (Å²) in [5.74, 6) is 0.602. The fraction of sp³-hybridized carbons (Fsp3) is 0.933.